The predicted octanol–water partition coefficient (Wildman–Crippen LogP) is 4.57. The molecule has 6 nitrogen and oxygen atoms in total. The molecule has 0 amide bonds. The summed E-state index contributed by atoms with van der Waals surface area (Å²) in [6.07, 6.45) is 2.47. The van der Waals surface area contributed by atoms with E-state index in [0.29, 0.717) is 5.92 Å². The molecule has 146 valence electrons. The Morgan fingerprint density at radius 3 is 2.39 bits per heavy atom. The maximum Gasteiger partial charge on any atom is 0.222 e. The maximum atomic E-state index is 5.50. The van der Waals surface area contributed by atoms with Crippen LogP contribution in [0.15, 0.2) is 48.8 Å². The molecule has 0 radical (unpaired) electrons. The van der Waals surface area contributed by atoms with E-state index in [0.717, 1.165) is 29.4 Å². The van der Waals surface area contributed by atoms with Crippen LogP contribution in [0.5, 0.6) is 11.5 Å². The van der Waals surface area contributed by atoms with Crippen LogP contribution in [0, 0.1) is 0 Å². The summed E-state index contributed by atoms with van der Waals surface area (Å²) in [6, 6.07) is 15.1. The van der Waals surface area contributed by atoms with Crippen molar-refractivity contribution in [2.75, 3.05) is 19.5 Å². The molecule has 0 fully saturated rings. The zero-order valence-electron chi connectivity index (χ0n) is 16.7. The fraction of sp³-hybridized carbons (Fsp3) is 0.364. The van der Waals surface area contributed by atoms with E-state index in [2.05, 4.69) is 59.6 Å². The van der Waals surface area contributed by atoms with E-state index < -0.39 is 0 Å². The molecule has 1 aromatic heterocycles. The average Bonchev–Trinajstić information content (AvgIpc) is 3.21. The molecular weight excluding hydrogens is 352 g/mol. The Bertz CT molecular complexity index is 949. The minimum Gasteiger partial charge on any atom is -0.493 e. The highest BCUT2D eigenvalue weighted by Crippen LogP contribution is 2.40. The van der Waals surface area contributed by atoms with Crippen LogP contribution in [0.1, 0.15) is 55.0 Å². The number of hydrogen-bond donors (Lipinski definition) is 1. The van der Waals surface area contributed by atoms with Gasteiger partial charge in [0.25, 0.3) is 0 Å². The zero-order valence-corrected chi connectivity index (χ0v) is 16.7. The van der Waals surface area contributed by atoms with Crippen molar-refractivity contribution < 1.29 is 9.47 Å². The number of hydrogen-bond acceptors (Lipinski definition) is 5. The Morgan fingerprint density at radius 1 is 1.00 bits per heavy atom. The Morgan fingerprint density at radius 2 is 1.71 bits per heavy atom. The van der Waals surface area contributed by atoms with Crippen molar-refractivity contribution in [1.29, 1.82) is 0 Å². The Hall–Kier alpha value is -3.02. The molecule has 2 heterocycles. The molecule has 0 saturated carbocycles. The normalized spacial score (nSPS) is 18.5. The monoisotopic (exact) mass is 378 g/mol. The van der Waals surface area contributed by atoms with E-state index in [1.54, 1.807) is 20.5 Å². The van der Waals surface area contributed by atoms with Crippen LogP contribution in [0.2, 0.25) is 0 Å². The van der Waals surface area contributed by atoms with Crippen molar-refractivity contribution in [3.63, 3.8) is 0 Å². The highest BCUT2D eigenvalue weighted by Gasteiger charge is 2.30. The molecule has 0 bridgehead atoms. The number of fused-ring (bicyclic) bond motifs is 1. The molecule has 2 atom stereocenters. The summed E-state index contributed by atoms with van der Waals surface area (Å²) >= 11 is 0. The smallest absolute Gasteiger partial charge is 0.222 e. The number of rotatable bonds is 5. The quantitative estimate of drug-likeness (QED) is 0.705. The van der Waals surface area contributed by atoms with Gasteiger partial charge in [-0.1, -0.05) is 44.2 Å². The Kier molecular flexibility index (Phi) is 4.94. The molecule has 4 rings (SSSR count). The summed E-state index contributed by atoms with van der Waals surface area (Å²) < 4.78 is 12.8. The minimum atomic E-state index is 0.0633. The van der Waals surface area contributed by atoms with Gasteiger partial charge in [0.1, 0.15) is 6.33 Å². The van der Waals surface area contributed by atoms with Gasteiger partial charge in [0.05, 0.1) is 26.3 Å². The molecule has 6 heteroatoms. The van der Waals surface area contributed by atoms with Gasteiger partial charge >= 0.3 is 0 Å². The number of anilines is 1. The zero-order chi connectivity index (χ0) is 19.7. The van der Waals surface area contributed by atoms with Crippen LogP contribution in [-0.4, -0.2) is 29.0 Å². The molecule has 0 saturated heterocycles. The topological polar surface area (TPSA) is 61.2 Å². The molecule has 0 unspecified atom stereocenters. The Balaban J connectivity index is 1.68. The van der Waals surface area contributed by atoms with E-state index in [-0.39, 0.29) is 12.1 Å². The minimum absolute atomic E-state index is 0.0633. The van der Waals surface area contributed by atoms with Crippen molar-refractivity contribution in [1.82, 2.24) is 14.8 Å². The van der Waals surface area contributed by atoms with Crippen LogP contribution in [0.4, 0.5) is 5.95 Å². The van der Waals surface area contributed by atoms with E-state index in [4.69, 9.17) is 9.47 Å². The summed E-state index contributed by atoms with van der Waals surface area (Å²) in [7, 11) is 3.30. The van der Waals surface area contributed by atoms with E-state index in [9.17, 15) is 0 Å². The fourth-order valence-corrected chi connectivity index (χ4v) is 3.79. The Labute approximate surface area is 165 Å². The van der Waals surface area contributed by atoms with E-state index in [1.807, 2.05) is 16.8 Å². The first-order valence-corrected chi connectivity index (χ1v) is 9.58. The van der Waals surface area contributed by atoms with E-state index >= 15 is 0 Å². The maximum absolute atomic E-state index is 5.50. The summed E-state index contributed by atoms with van der Waals surface area (Å²) in [5.74, 6) is 2.75. The third-order valence-corrected chi connectivity index (χ3v) is 5.43. The third kappa shape index (κ3) is 3.30. The van der Waals surface area contributed by atoms with Crippen LogP contribution in [0.3, 0.4) is 0 Å². The molecule has 2 aromatic carbocycles. The van der Waals surface area contributed by atoms with Gasteiger partial charge < -0.3 is 14.8 Å². The van der Waals surface area contributed by atoms with Gasteiger partial charge in [0.2, 0.25) is 5.95 Å². The lowest BCUT2D eigenvalue weighted by Gasteiger charge is -2.32. The number of aromatic nitrogens is 3. The molecular formula is C22H26N4O2. The highest BCUT2D eigenvalue weighted by atomic mass is 16.5. The van der Waals surface area contributed by atoms with Crippen LogP contribution < -0.4 is 14.8 Å². The number of nitrogens with zero attached hydrogens (tertiary/aromatic N) is 3. The molecule has 28 heavy (non-hydrogen) atoms. The number of ether oxygens (including phenoxy) is 2. The fourth-order valence-electron chi connectivity index (χ4n) is 3.79. The van der Waals surface area contributed by atoms with Crippen LogP contribution in [0.25, 0.3) is 0 Å². The summed E-state index contributed by atoms with van der Waals surface area (Å²) in [5.41, 5.74) is 3.72. The van der Waals surface area contributed by atoms with Crippen molar-refractivity contribution >= 4 is 5.95 Å². The summed E-state index contributed by atoms with van der Waals surface area (Å²) in [4.78, 5) is 4.42. The number of methoxy groups -OCH3 is 2. The summed E-state index contributed by atoms with van der Waals surface area (Å²) in [6.45, 7) is 4.42. The number of nitrogens with one attached hydrogen (secondary N) is 1. The first-order valence-electron chi connectivity index (χ1n) is 9.58. The van der Waals surface area contributed by atoms with Crippen LogP contribution in [-0.2, 0) is 0 Å². The first kappa shape index (κ1) is 18.3. The van der Waals surface area contributed by atoms with Gasteiger partial charge in [-0.25, -0.2) is 4.68 Å². The molecule has 0 spiro atoms. The van der Waals surface area contributed by atoms with Crippen molar-refractivity contribution in [2.45, 2.75) is 38.3 Å². The lowest BCUT2D eigenvalue weighted by atomic mass is 9.92. The van der Waals surface area contributed by atoms with Crippen LogP contribution >= 0.6 is 0 Å². The van der Waals surface area contributed by atoms with Gasteiger partial charge in [-0.15, -0.1) is 0 Å². The molecule has 0 aliphatic carbocycles. The first-order chi connectivity index (χ1) is 13.6. The van der Waals surface area contributed by atoms with Gasteiger partial charge in [0, 0.05) is 0 Å². The van der Waals surface area contributed by atoms with Crippen molar-refractivity contribution in [2.24, 2.45) is 0 Å². The van der Waals surface area contributed by atoms with E-state index in [1.165, 1.54) is 11.1 Å². The van der Waals surface area contributed by atoms with Gasteiger partial charge in [-0.2, -0.15) is 10.1 Å². The average molecular weight is 378 g/mol. The largest absolute Gasteiger partial charge is 0.493 e. The molecule has 1 aliphatic heterocycles. The van der Waals surface area contributed by atoms with Gasteiger partial charge in [0.15, 0.2) is 11.5 Å². The predicted molar refractivity (Wildman–Crippen MR) is 109 cm³/mol. The SMILES string of the molecule is COc1ccc([C@H]2C[C@H](c3ccc(C(C)C)cc3)Nc3ncnn32)cc1OC. The summed E-state index contributed by atoms with van der Waals surface area (Å²) in [5, 5.41) is 7.98. The standard InChI is InChI=1S/C22H26N4O2/c1-14(2)15-5-7-16(8-6-15)18-12-19(26-22(25-18)23-13-24-26)17-9-10-20(27-3)21(11-17)28-4/h5-11,13-14,18-19H,12H2,1-4H3,(H,23,24,25)/t18-,19-/m1/s1. The molecule has 1 N–H and O–H groups in total. The number of benzene rings is 2. The second kappa shape index (κ2) is 7.54. The third-order valence-electron chi connectivity index (χ3n) is 5.43. The van der Waals surface area contributed by atoms with Gasteiger partial charge in [-0.05, 0) is 41.2 Å². The molecule has 1 aliphatic rings. The van der Waals surface area contributed by atoms with Crippen molar-refractivity contribution in [3.05, 3.63) is 65.5 Å². The molecule has 3 aromatic rings. The second-order valence-corrected chi connectivity index (χ2v) is 7.41. The lowest BCUT2D eigenvalue weighted by molar-refractivity contribution is 0.352. The highest BCUT2D eigenvalue weighted by molar-refractivity contribution is 5.46. The second-order valence-electron chi connectivity index (χ2n) is 7.41. The van der Waals surface area contributed by atoms with Gasteiger partial charge in [-0.3, -0.25) is 0 Å². The van der Waals surface area contributed by atoms with Crippen molar-refractivity contribution in [3.8, 4) is 11.5 Å². The lowest BCUT2D eigenvalue weighted by Crippen LogP contribution is -2.28.